The summed E-state index contributed by atoms with van der Waals surface area (Å²) >= 11 is 0. The predicted molar refractivity (Wildman–Crippen MR) is 185 cm³/mol. The summed E-state index contributed by atoms with van der Waals surface area (Å²) in [6.07, 6.45) is 2.70. The number of amides is 2. The molecule has 7 rings (SSSR count). The summed E-state index contributed by atoms with van der Waals surface area (Å²) in [5, 5.41) is 0. The van der Waals surface area contributed by atoms with E-state index in [1.54, 1.807) is 24.1 Å². The lowest BCUT2D eigenvalue weighted by Gasteiger charge is -2.40. The Hall–Kier alpha value is -3.83. The van der Waals surface area contributed by atoms with Gasteiger partial charge in [0.25, 0.3) is 5.91 Å². The van der Waals surface area contributed by atoms with Crippen LogP contribution >= 0.6 is 0 Å². The fraction of sp³-hybridized carbons (Fsp3) is 0.487. The molecular formula is C39H46FN3O6. The van der Waals surface area contributed by atoms with Gasteiger partial charge in [-0.25, -0.2) is 4.39 Å². The molecule has 10 heteroatoms. The van der Waals surface area contributed by atoms with Gasteiger partial charge in [-0.1, -0.05) is 42.5 Å². The average Bonchev–Trinajstić information content (AvgIpc) is 4.03. The van der Waals surface area contributed by atoms with E-state index in [0.717, 1.165) is 42.6 Å². The number of hydrogen-bond donors (Lipinski definition) is 0. The first-order valence-electron chi connectivity index (χ1n) is 17.4. The van der Waals surface area contributed by atoms with Crippen LogP contribution in [-0.4, -0.2) is 80.8 Å². The molecule has 2 amide bonds. The molecular weight excluding hydrogens is 625 g/mol. The second kappa shape index (κ2) is 13.8. The fourth-order valence-electron chi connectivity index (χ4n) is 7.26. The quantitative estimate of drug-likeness (QED) is 0.174. The van der Waals surface area contributed by atoms with Gasteiger partial charge in [0.15, 0.2) is 19.1 Å². The number of hydrogen-bond acceptors (Lipinski definition) is 7. The molecule has 3 aliphatic heterocycles. The van der Waals surface area contributed by atoms with Crippen molar-refractivity contribution < 1.29 is 32.9 Å². The van der Waals surface area contributed by atoms with Gasteiger partial charge in [0.2, 0.25) is 5.91 Å². The summed E-state index contributed by atoms with van der Waals surface area (Å²) in [6.45, 7) is 8.30. The van der Waals surface area contributed by atoms with Gasteiger partial charge in [0.1, 0.15) is 11.6 Å². The van der Waals surface area contributed by atoms with E-state index in [9.17, 15) is 9.18 Å². The number of rotatable bonds is 11. The van der Waals surface area contributed by atoms with Crippen molar-refractivity contribution in [1.29, 1.82) is 0 Å². The number of ether oxygens (including phenoxy) is 4. The maximum absolute atomic E-state index is 15.0. The van der Waals surface area contributed by atoms with Crippen LogP contribution in [0.5, 0.6) is 5.75 Å². The van der Waals surface area contributed by atoms with Gasteiger partial charge in [0, 0.05) is 50.6 Å². The third-order valence-electron chi connectivity index (χ3n) is 9.76. The van der Waals surface area contributed by atoms with E-state index in [4.69, 9.17) is 18.9 Å². The Morgan fingerprint density at radius 2 is 1.86 bits per heavy atom. The van der Waals surface area contributed by atoms with Crippen molar-refractivity contribution in [3.63, 3.8) is 0 Å². The number of nitrogens with zero attached hydrogens (tertiary/aromatic N) is 3. The summed E-state index contributed by atoms with van der Waals surface area (Å²) in [5.41, 5.74) is 3.43. The molecule has 3 aromatic rings. The molecule has 4 atom stereocenters. The van der Waals surface area contributed by atoms with Gasteiger partial charge in [-0.3, -0.25) is 14.5 Å². The molecule has 9 nitrogen and oxygen atoms in total. The second-order valence-corrected chi connectivity index (χ2v) is 14.5. The van der Waals surface area contributed by atoms with Crippen LogP contribution in [0.2, 0.25) is 0 Å². The molecule has 2 unspecified atom stereocenters. The van der Waals surface area contributed by atoms with Crippen LogP contribution < -0.4 is 14.5 Å². The van der Waals surface area contributed by atoms with Crippen molar-refractivity contribution in [3.05, 3.63) is 78.1 Å². The molecule has 3 aromatic carbocycles. The Balaban J connectivity index is 1.21. The third-order valence-corrected chi connectivity index (χ3v) is 9.76. The number of anilines is 2. The van der Waals surface area contributed by atoms with Crippen LogP contribution in [0.1, 0.15) is 57.9 Å². The second-order valence-electron chi connectivity index (χ2n) is 14.5. The number of carbonyl (C=O) groups is 2. The van der Waals surface area contributed by atoms with Crippen molar-refractivity contribution >= 4 is 23.2 Å². The van der Waals surface area contributed by atoms with E-state index in [1.165, 1.54) is 6.07 Å². The molecule has 0 bridgehead atoms. The summed E-state index contributed by atoms with van der Waals surface area (Å²) in [7, 11) is 1.65. The fourth-order valence-corrected chi connectivity index (χ4v) is 7.26. The van der Waals surface area contributed by atoms with Gasteiger partial charge >= 0.3 is 0 Å². The van der Waals surface area contributed by atoms with E-state index >= 15 is 4.79 Å². The van der Waals surface area contributed by atoms with Crippen LogP contribution in [0.3, 0.4) is 0 Å². The Bertz CT molecular complexity index is 1690. The average molecular weight is 672 g/mol. The molecule has 0 spiro atoms. The lowest BCUT2D eigenvalue weighted by Crippen LogP contribution is -2.50. The van der Waals surface area contributed by atoms with Gasteiger partial charge in [0.05, 0.1) is 17.2 Å². The van der Waals surface area contributed by atoms with Gasteiger partial charge in [-0.15, -0.1) is 0 Å². The molecule has 3 heterocycles. The van der Waals surface area contributed by atoms with E-state index in [0.29, 0.717) is 43.1 Å². The number of piperidine rings is 1. The maximum Gasteiger partial charge on any atom is 0.265 e. The summed E-state index contributed by atoms with van der Waals surface area (Å²) in [5.74, 6) is -0.201. The minimum atomic E-state index is -0.392. The summed E-state index contributed by atoms with van der Waals surface area (Å²) in [6, 6.07) is 20.6. The van der Waals surface area contributed by atoms with Gasteiger partial charge in [-0.2, -0.15) is 0 Å². The number of benzene rings is 3. The zero-order chi connectivity index (χ0) is 34.3. The number of carbonyl (C=O) groups excluding carboxylic acids is 2. The maximum atomic E-state index is 15.0. The van der Waals surface area contributed by atoms with Crippen molar-refractivity contribution in [1.82, 2.24) is 4.90 Å². The van der Waals surface area contributed by atoms with Crippen LogP contribution in [0, 0.1) is 11.7 Å². The molecule has 1 saturated carbocycles. The molecule has 0 N–H and O–H groups in total. The Kier molecular flexibility index (Phi) is 9.49. The van der Waals surface area contributed by atoms with E-state index in [2.05, 4.69) is 11.0 Å². The molecule has 49 heavy (non-hydrogen) atoms. The molecule has 4 aliphatic rings. The highest BCUT2D eigenvalue weighted by molar-refractivity contribution is 6.01. The van der Waals surface area contributed by atoms with Crippen LogP contribution in [0.25, 0.3) is 11.1 Å². The molecule has 1 aliphatic carbocycles. The summed E-state index contributed by atoms with van der Waals surface area (Å²) in [4.78, 5) is 33.9. The smallest absolute Gasteiger partial charge is 0.265 e. The topological polar surface area (TPSA) is 84.1 Å². The van der Waals surface area contributed by atoms with Crippen molar-refractivity contribution in [2.75, 3.05) is 49.8 Å². The highest BCUT2D eigenvalue weighted by Crippen LogP contribution is 2.44. The minimum Gasteiger partial charge on any atom is -0.482 e. The molecule has 0 radical (unpaired) electrons. The monoisotopic (exact) mass is 671 g/mol. The van der Waals surface area contributed by atoms with Crippen molar-refractivity contribution in [2.45, 2.75) is 76.5 Å². The van der Waals surface area contributed by atoms with E-state index < -0.39 is 5.92 Å². The molecule has 2 saturated heterocycles. The normalized spacial score (nSPS) is 23.9. The third kappa shape index (κ3) is 7.38. The number of methoxy groups -OCH3 is 1. The number of halogens is 1. The molecule has 3 fully saturated rings. The van der Waals surface area contributed by atoms with Crippen molar-refractivity contribution in [2.24, 2.45) is 5.92 Å². The van der Waals surface area contributed by atoms with E-state index in [-0.39, 0.29) is 54.3 Å². The lowest BCUT2D eigenvalue weighted by atomic mass is 9.78. The largest absolute Gasteiger partial charge is 0.482 e. The molecule has 260 valence electrons. The van der Waals surface area contributed by atoms with Gasteiger partial charge in [-0.05, 0) is 87.8 Å². The van der Waals surface area contributed by atoms with E-state index in [1.807, 2.05) is 68.1 Å². The SMILES string of the molecule is COCCCN1C(=O)COc2ccc(N(C(=O)[C@H]3CN(C4OC4OC(C)(C)C)CC[C@@H]3c3cccc(-c4ccccc4F)c3)C3CC3)cc21. The predicted octanol–water partition coefficient (Wildman–Crippen LogP) is 6.35. The minimum absolute atomic E-state index is 0.0146. The zero-order valence-electron chi connectivity index (χ0n) is 28.8. The Morgan fingerprint density at radius 1 is 1.04 bits per heavy atom. The number of fused-ring (bicyclic) bond motifs is 1. The first-order chi connectivity index (χ1) is 23.6. The first kappa shape index (κ1) is 33.7. The zero-order valence-corrected chi connectivity index (χ0v) is 28.8. The highest BCUT2D eigenvalue weighted by Gasteiger charge is 2.51. The number of likely N-dealkylation sites (tertiary alicyclic amines) is 1. The Morgan fingerprint density at radius 3 is 2.61 bits per heavy atom. The van der Waals surface area contributed by atoms with Crippen molar-refractivity contribution in [3.8, 4) is 16.9 Å². The van der Waals surface area contributed by atoms with Crippen LogP contribution in [-0.2, 0) is 23.8 Å². The van der Waals surface area contributed by atoms with Crippen LogP contribution in [0.4, 0.5) is 15.8 Å². The van der Waals surface area contributed by atoms with Gasteiger partial charge < -0.3 is 28.7 Å². The first-order valence-corrected chi connectivity index (χ1v) is 17.4. The summed E-state index contributed by atoms with van der Waals surface area (Å²) < 4.78 is 38.0. The molecule has 0 aromatic heterocycles. The van der Waals surface area contributed by atoms with Crippen LogP contribution in [0.15, 0.2) is 66.7 Å². The Labute approximate surface area is 287 Å². The lowest BCUT2D eigenvalue weighted by molar-refractivity contribution is -0.125. The highest BCUT2D eigenvalue weighted by atomic mass is 19.1. The number of epoxide rings is 1. The standard InChI is InChI=1S/C39H46FN3O6/c1-39(2,3)49-38-37(48-38)41-19-17-29(25-9-7-10-26(21-25)30-11-5-6-12-32(30)40)31(23-41)36(45)43(27-13-14-27)28-15-16-34-33(22-28)42(18-8-20-46-4)35(44)24-47-34/h5-7,9-12,15-16,21-22,27,29,31,37-38H,8,13-14,17-20,23-24H2,1-4H3/t29-,31+,37?,38?/m1/s1.